The number of hydrogen-bond acceptors (Lipinski definition) is 4. The molecule has 0 unspecified atom stereocenters. The zero-order valence-corrected chi connectivity index (χ0v) is 17.6. The van der Waals surface area contributed by atoms with Crippen molar-refractivity contribution in [2.45, 2.75) is 39.8 Å². The summed E-state index contributed by atoms with van der Waals surface area (Å²) < 4.78 is 8.22. The molecule has 1 saturated heterocycles. The van der Waals surface area contributed by atoms with Crippen LogP contribution >= 0.6 is 15.9 Å². The molecule has 1 aliphatic heterocycles. The van der Waals surface area contributed by atoms with E-state index in [9.17, 15) is 9.59 Å². The normalized spacial score (nSPS) is 15.8. The number of ether oxygens (including phenoxy) is 1. The molecule has 0 atom stereocenters. The van der Waals surface area contributed by atoms with E-state index in [1.165, 1.54) is 0 Å². The van der Waals surface area contributed by atoms with E-state index in [1.54, 1.807) is 4.90 Å². The van der Waals surface area contributed by atoms with Gasteiger partial charge in [0.2, 0.25) is 0 Å². The first kappa shape index (κ1) is 20.8. The van der Waals surface area contributed by atoms with Gasteiger partial charge in [0.1, 0.15) is 11.3 Å². The molecule has 7 nitrogen and oxygen atoms in total. The molecule has 146 valence electrons. The molecular formula is C18H29BrN4O3. The van der Waals surface area contributed by atoms with E-state index in [2.05, 4.69) is 26.1 Å². The SMILES string of the molecule is CCn1cc(Br)cc1C(=O)NCCN1CCN(C(=O)OC(C)(C)C)CC1. The number of nitrogens with zero attached hydrogens (tertiary/aromatic N) is 3. The van der Waals surface area contributed by atoms with Crippen LogP contribution in [0.1, 0.15) is 38.2 Å². The predicted octanol–water partition coefficient (Wildman–Crippen LogP) is 2.55. The molecule has 2 amide bonds. The Morgan fingerprint density at radius 2 is 1.88 bits per heavy atom. The van der Waals surface area contributed by atoms with E-state index in [0.717, 1.165) is 30.7 Å². The van der Waals surface area contributed by atoms with Crippen LogP contribution in [0.2, 0.25) is 0 Å². The summed E-state index contributed by atoms with van der Waals surface area (Å²) in [7, 11) is 0. The molecule has 1 aromatic rings. The van der Waals surface area contributed by atoms with E-state index in [0.29, 0.717) is 25.3 Å². The Balaban J connectivity index is 1.72. The van der Waals surface area contributed by atoms with Crippen molar-refractivity contribution >= 4 is 27.9 Å². The fourth-order valence-corrected chi connectivity index (χ4v) is 3.29. The average molecular weight is 429 g/mol. The van der Waals surface area contributed by atoms with Crippen molar-refractivity contribution in [1.82, 2.24) is 19.7 Å². The van der Waals surface area contributed by atoms with Crippen LogP contribution in [-0.2, 0) is 11.3 Å². The largest absolute Gasteiger partial charge is 0.444 e. The lowest BCUT2D eigenvalue weighted by Gasteiger charge is -2.35. The highest BCUT2D eigenvalue weighted by Crippen LogP contribution is 2.15. The highest BCUT2D eigenvalue weighted by atomic mass is 79.9. The molecule has 1 aromatic heterocycles. The number of carbonyl (C=O) groups is 2. The van der Waals surface area contributed by atoms with Gasteiger partial charge in [0.25, 0.3) is 5.91 Å². The van der Waals surface area contributed by atoms with Gasteiger partial charge in [-0.25, -0.2) is 4.79 Å². The van der Waals surface area contributed by atoms with Crippen LogP contribution in [0.15, 0.2) is 16.7 Å². The van der Waals surface area contributed by atoms with Gasteiger partial charge in [0.05, 0.1) is 0 Å². The minimum Gasteiger partial charge on any atom is -0.444 e. The average Bonchev–Trinajstić information content (AvgIpc) is 2.95. The Labute approximate surface area is 163 Å². The van der Waals surface area contributed by atoms with Gasteiger partial charge >= 0.3 is 6.09 Å². The third-order valence-corrected chi connectivity index (χ3v) is 4.61. The van der Waals surface area contributed by atoms with E-state index < -0.39 is 5.60 Å². The number of aryl methyl sites for hydroxylation is 1. The minimum absolute atomic E-state index is 0.0649. The first-order valence-electron chi connectivity index (χ1n) is 9.03. The summed E-state index contributed by atoms with van der Waals surface area (Å²) in [5.41, 5.74) is 0.193. The lowest BCUT2D eigenvalue weighted by Crippen LogP contribution is -2.51. The molecule has 0 radical (unpaired) electrons. The van der Waals surface area contributed by atoms with Crippen molar-refractivity contribution < 1.29 is 14.3 Å². The summed E-state index contributed by atoms with van der Waals surface area (Å²) in [5.74, 6) is -0.0649. The topological polar surface area (TPSA) is 66.8 Å². The molecule has 0 spiro atoms. The number of aromatic nitrogens is 1. The van der Waals surface area contributed by atoms with Crippen LogP contribution in [0.25, 0.3) is 0 Å². The smallest absolute Gasteiger partial charge is 0.410 e. The second-order valence-corrected chi connectivity index (χ2v) is 8.31. The minimum atomic E-state index is -0.469. The second-order valence-electron chi connectivity index (χ2n) is 7.39. The van der Waals surface area contributed by atoms with Crippen LogP contribution in [0.4, 0.5) is 4.79 Å². The van der Waals surface area contributed by atoms with E-state index in [-0.39, 0.29) is 12.0 Å². The van der Waals surface area contributed by atoms with E-state index in [4.69, 9.17) is 4.74 Å². The number of nitrogens with one attached hydrogen (secondary N) is 1. The number of halogens is 1. The second kappa shape index (κ2) is 8.90. The standard InChI is InChI=1S/C18H29BrN4O3/c1-5-22-13-14(19)12-15(22)16(24)20-6-7-21-8-10-23(11-9-21)17(25)26-18(2,3)4/h12-13H,5-11H2,1-4H3,(H,20,24). The van der Waals surface area contributed by atoms with Gasteiger partial charge in [-0.2, -0.15) is 0 Å². The van der Waals surface area contributed by atoms with Crippen molar-refractivity contribution in [3.05, 3.63) is 22.4 Å². The Hall–Kier alpha value is -1.54. The summed E-state index contributed by atoms with van der Waals surface area (Å²) in [6, 6.07) is 1.83. The highest BCUT2D eigenvalue weighted by Gasteiger charge is 2.25. The van der Waals surface area contributed by atoms with Crippen molar-refractivity contribution in [3.8, 4) is 0 Å². The van der Waals surface area contributed by atoms with Crippen LogP contribution in [0.3, 0.4) is 0 Å². The maximum absolute atomic E-state index is 12.3. The Kier molecular flexibility index (Phi) is 7.11. The molecule has 8 heteroatoms. The summed E-state index contributed by atoms with van der Waals surface area (Å²) in [6.07, 6.45) is 1.65. The zero-order valence-electron chi connectivity index (χ0n) is 16.0. The molecule has 26 heavy (non-hydrogen) atoms. The van der Waals surface area contributed by atoms with Gasteiger partial charge in [-0.1, -0.05) is 0 Å². The summed E-state index contributed by atoms with van der Waals surface area (Å²) >= 11 is 3.41. The van der Waals surface area contributed by atoms with Crippen molar-refractivity contribution in [1.29, 1.82) is 0 Å². The van der Waals surface area contributed by atoms with Crippen LogP contribution in [0, 0.1) is 0 Å². The molecular weight excluding hydrogens is 400 g/mol. The quantitative estimate of drug-likeness (QED) is 0.782. The van der Waals surface area contributed by atoms with Gasteiger partial charge < -0.3 is 19.5 Å². The Bertz CT molecular complexity index is 631. The number of carbonyl (C=O) groups excluding carboxylic acids is 2. The maximum Gasteiger partial charge on any atom is 0.410 e. The highest BCUT2D eigenvalue weighted by molar-refractivity contribution is 9.10. The van der Waals surface area contributed by atoms with Gasteiger partial charge in [0, 0.05) is 56.5 Å². The van der Waals surface area contributed by atoms with Gasteiger partial charge in [-0.05, 0) is 49.7 Å². The van der Waals surface area contributed by atoms with Gasteiger partial charge in [-0.15, -0.1) is 0 Å². The molecule has 0 saturated carbocycles. The van der Waals surface area contributed by atoms with Crippen LogP contribution in [0.5, 0.6) is 0 Å². The van der Waals surface area contributed by atoms with Gasteiger partial charge in [-0.3, -0.25) is 9.69 Å². The van der Waals surface area contributed by atoms with Crippen molar-refractivity contribution in [2.24, 2.45) is 0 Å². The summed E-state index contributed by atoms with van der Waals surface area (Å²) in [4.78, 5) is 28.4. The monoisotopic (exact) mass is 428 g/mol. The summed E-state index contributed by atoms with van der Waals surface area (Å²) in [6.45, 7) is 12.6. The number of hydrogen-bond donors (Lipinski definition) is 1. The van der Waals surface area contributed by atoms with Crippen molar-refractivity contribution in [3.63, 3.8) is 0 Å². The molecule has 2 heterocycles. The lowest BCUT2D eigenvalue weighted by atomic mass is 10.2. The summed E-state index contributed by atoms with van der Waals surface area (Å²) in [5, 5.41) is 2.97. The predicted molar refractivity (Wildman–Crippen MR) is 104 cm³/mol. The van der Waals surface area contributed by atoms with Crippen LogP contribution in [-0.4, -0.2) is 71.2 Å². The third kappa shape index (κ3) is 6.02. The number of amides is 2. The van der Waals surface area contributed by atoms with Crippen LogP contribution < -0.4 is 5.32 Å². The molecule has 0 aliphatic carbocycles. The maximum atomic E-state index is 12.3. The fraction of sp³-hybridized carbons (Fsp3) is 0.667. The lowest BCUT2D eigenvalue weighted by molar-refractivity contribution is 0.0147. The molecule has 2 rings (SSSR count). The van der Waals surface area contributed by atoms with Gasteiger partial charge in [0.15, 0.2) is 0 Å². The zero-order chi connectivity index (χ0) is 19.3. The van der Waals surface area contributed by atoms with E-state index >= 15 is 0 Å². The van der Waals surface area contributed by atoms with E-state index in [1.807, 2.05) is 44.5 Å². The first-order chi connectivity index (χ1) is 12.2. The Morgan fingerprint density at radius 3 is 2.46 bits per heavy atom. The molecule has 0 aromatic carbocycles. The molecule has 1 aliphatic rings. The van der Waals surface area contributed by atoms with Crippen molar-refractivity contribution in [2.75, 3.05) is 39.3 Å². The number of rotatable bonds is 5. The molecule has 1 fully saturated rings. The first-order valence-corrected chi connectivity index (χ1v) is 9.83. The molecule has 1 N–H and O–H groups in total. The number of piperazine rings is 1. The Morgan fingerprint density at radius 1 is 1.23 bits per heavy atom. The molecule has 0 bridgehead atoms. The third-order valence-electron chi connectivity index (χ3n) is 4.17. The fourth-order valence-electron chi connectivity index (χ4n) is 2.83.